The highest BCUT2D eigenvalue weighted by Crippen LogP contribution is 2.35. The second-order valence-electron chi connectivity index (χ2n) is 9.16. The summed E-state index contributed by atoms with van der Waals surface area (Å²) in [6.07, 6.45) is 3.43. The van der Waals surface area contributed by atoms with Gasteiger partial charge in [0.15, 0.2) is 5.82 Å². The predicted molar refractivity (Wildman–Crippen MR) is 132 cm³/mol. The van der Waals surface area contributed by atoms with Crippen molar-refractivity contribution in [2.24, 2.45) is 0 Å². The predicted octanol–water partition coefficient (Wildman–Crippen LogP) is 3.26. The van der Waals surface area contributed by atoms with E-state index in [-0.39, 0.29) is 0 Å². The van der Waals surface area contributed by atoms with Crippen LogP contribution < -0.4 is 15.5 Å². The maximum atomic E-state index is 10.4. The minimum atomic E-state index is -0.581. The number of benzene rings is 1. The molecule has 2 aliphatic heterocycles. The second kappa shape index (κ2) is 8.34. The molecular weight excluding hydrogens is 428 g/mol. The molecule has 0 aliphatic carbocycles. The van der Waals surface area contributed by atoms with Crippen molar-refractivity contribution < 1.29 is 5.11 Å². The van der Waals surface area contributed by atoms with Crippen LogP contribution in [0.5, 0.6) is 0 Å². The first-order valence-electron chi connectivity index (χ1n) is 11.8. The van der Waals surface area contributed by atoms with Gasteiger partial charge in [-0.2, -0.15) is 5.10 Å². The molecule has 9 nitrogen and oxygen atoms in total. The highest BCUT2D eigenvalue weighted by atomic mass is 16.3. The third-order valence-electron chi connectivity index (χ3n) is 6.87. The fraction of sp³-hybridized carbons (Fsp3) is 0.360. The van der Waals surface area contributed by atoms with Crippen LogP contribution in [0.4, 0.5) is 17.3 Å². The Bertz CT molecular complexity index is 1330. The van der Waals surface area contributed by atoms with Crippen molar-refractivity contribution in [1.82, 2.24) is 30.0 Å². The molecule has 9 heteroatoms. The summed E-state index contributed by atoms with van der Waals surface area (Å²) < 4.78 is 2.00. The lowest BCUT2D eigenvalue weighted by Gasteiger charge is -2.28. The fourth-order valence-electron chi connectivity index (χ4n) is 5.15. The zero-order valence-electron chi connectivity index (χ0n) is 19.3. The summed E-state index contributed by atoms with van der Waals surface area (Å²) in [5, 5.41) is 25.6. The number of fused-ring (bicyclic) bond motifs is 2. The first-order valence-corrected chi connectivity index (χ1v) is 11.8. The van der Waals surface area contributed by atoms with Crippen LogP contribution in [0.1, 0.15) is 37.1 Å². The number of aryl methyl sites for hydroxylation is 1. The van der Waals surface area contributed by atoms with Gasteiger partial charge in [0.2, 0.25) is 0 Å². The Morgan fingerprint density at radius 2 is 2.03 bits per heavy atom. The van der Waals surface area contributed by atoms with E-state index >= 15 is 0 Å². The zero-order chi connectivity index (χ0) is 23.2. The van der Waals surface area contributed by atoms with E-state index in [1.165, 1.54) is 0 Å². The average Bonchev–Trinajstić information content (AvgIpc) is 3.56. The van der Waals surface area contributed by atoms with Crippen LogP contribution in [-0.4, -0.2) is 55.0 Å². The topological polar surface area (TPSA) is 104 Å². The van der Waals surface area contributed by atoms with Gasteiger partial charge in [-0.05, 0) is 75.7 Å². The van der Waals surface area contributed by atoms with Crippen LogP contribution in [0.3, 0.4) is 0 Å². The molecule has 174 valence electrons. The highest BCUT2D eigenvalue weighted by molar-refractivity contribution is 5.82. The first-order chi connectivity index (χ1) is 16.6. The maximum absolute atomic E-state index is 10.4. The largest absolute Gasteiger partial charge is 0.389 e. The summed E-state index contributed by atoms with van der Waals surface area (Å²) in [6.45, 7) is 5.70. The van der Waals surface area contributed by atoms with Gasteiger partial charge in [-0.25, -0.2) is 9.97 Å². The van der Waals surface area contributed by atoms with Crippen LogP contribution in [-0.2, 0) is 0 Å². The number of aliphatic hydroxyl groups is 1. The molecule has 0 amide bonds. The van der Waals surface area contributed by atoms with Crippen LogP contribution in [0, 0.1) is 6.92 Å². The number of pyridine rings is 1. The molecule has 1 unspecified atom stereocenters. The molecule has 6 rings (SSSR count). The fourth-order valence-corrected chi connectivity index (χ4v) is 5.15. The summed E-state index contributed by atoms with van der Waals surface area (Å²) in [7, 11) is 0. The van der Waals surface area contributed by atoms with Gasteiger partial charge in [-0.15, -0.1) is 5.10 Å². The molecular formula is C25H28N8O. The number of anilines is 3. The molecule has 0 spiro atoms. The number of hydrogen-bond acceptors (Lipinski definition) is 8. The standard InChI is InChI=1S/C25H28N8O/c1-15-3-7-23(31-30-15)28-17-4-6-21-20(13-17)27-14-33(21)24-8-5-18(16(2)34)25(29-24)32-12-10-19-22(32)9-11-26-19/h3-8,13-14,16,19,22,26,34H,9-12H2,1-2H3,(H,28,31)/t16?,19-,22+/m0/s1. The normalized spacial score (nSPS) is 20.6. The lowest BCUT2D eigenvalue weighted by atomic mass is 10.1. The van der Waals surface area contributed by atoms with Crippen LogP contribution >= 0.6 is 0 Å². The Morgan fingerprint density at radius 1 is 1.12 bits per heavy atom. The van der Waals surface area contributed by atoms with Crippen molar-refractivity contribution in [3.05, 3.63) is 60.0 Å². The number of aliphatic hydroxyl groups excluding tert-OH is 1. The van der Waals surface area contributed by atoms with Crippen LogP contribution in [0.2, 0.25) is 0 Å². The van der Waals surface area contributed by atoms with Crippen molar-refractivity contribution in [3.8, 4) is 5.82 Å². The number of rotatable bonds is 5. The molecule has 34 heavy (non-hydrogen) atoms. The van der Waals surface area contributed by atoms with E-state index in [4.69, 9.17) is 4.98 Å². The summed E-state index contributed by atoms with van der Waals surface area (Å²) in [5.41, 5.74) is 4.46. The maximum Gasteiger partial charge on any atom is 0.153 e. The summed E-state index contributed by atoms with van der Waals surface area (Å²) >= 11 is 0. The quantitative estimate of drug-likeness (QED) is 0.420. The van der Waals surface area contributed by atoms with E-state index in [0.29, 0.717) is 17.9 Å². The highest BCUT2D eigenvalue weighted by Gasteiger charge is 2.39. The minimum absolute atomic E-state index is 0.429. The summed E-state index contributed by atoms with van der Waals surface area (Å²) in [6, 6.07) is 14.7. The van der Waals surface area contributed by atoms with Crippen molar-refractivity contribution in [3.63, 3.8) is 0 Å². The Labute approximate surface area is 197 Å². The van der Waals surface area contributed by atoms with Crippen LogP contribution in [0.25, 0.3) is 16.9 Å². The molecule has 0 bridgehead atoms. The van der Waals surface area contributed by atoms with Gasteiger partial charge in [-0.3, -0.25) is 4.57 Å². The van der Waals surface area contributed by atoms with Crippen molar-refractivity contribution in [1.29, 1.82) is 0 Å². The van der Waals surface area contributed by atoms with Gasteiger partial charge in [0.05, 0.1) is 22.8 Å². The smallest absolute Gasteiger partial charge is 0.153 e. The number of hydrogen-bond donors (Lipinski definition) is 3. The Kier molecular flexibility index (Phi) is 5.15. The molecule has 0 saturated carbocycles. The molecule has 5 heterocycles. The SMILES string of the molecule is Cc1ccc(Nc2ccc3c(c2)ncn3-c2ccc(C(C)O)c(N3CC[C@@H]4NCC[C@H]43)n2)nn1. The van der Waals surface area contributed by atoms with Gasteiger partial charge < -0.3 is 20.6 Å². The molecule has 2 aliphatic rings. The molecule has 2 saturated heterocycles. The van der Waals surface area contributed by atoms with E-state index in [1.807, 2.05) is 54.0 Å². The average molecular weight is 457 g/mol. The molecule has 3 N–H and O–H groups in total. The third-order valence-corrected chi connectivity index (χ3v) is 6.87. The molecule has 1 aromatic carbocycles. The van der Waals surface area contributed by atoms with E-state index in [0.717, 1.165) is 65.5 Å². The molecule has 2 fully saturated rings. The zero-order valence-corrected chi connectivity index (χ0v) is 19.3. The Balaban J connectivity index is 1.34. The number of nitrogens with zero attached hydrogens (tertiary/aromatic N) is 6. The summed E-state index contributed by atoms with van der Waals surface area (Å²) in [4.78, 5) is 12.1. The van der Waals surface area contributed by atoms with Gasteiger partial charge in [-0.1, -0.05) is 0 Å². The molecule has 3 atom stereocenters. The van der Waals surface area contributed by atoms with E-state index in [2.05, 4.69) is 30.7 Å². The van der Waals surface area contributed by atoms with E-state index < -0.39 is 6.10 Å². The summed E-state index contributed by atoms with van der Waals surface area (Å²) in [5.74, 6) is 2.36. The van der Waals surface area contributed by atoms with E-state index in [9.17, 15) is 5.11 Å². The molecule has 4 aromatic rings. The first kappa shape index (κ1) is 21.0. The van der Waals surface area contributed by atoms with Gasteiger partial charge in [0.1, 0.15) is 18.0 Å². The number of nitrogens with one attached hydrogen (secondary N) is 2. The van der Waals surface area contributed by atoms with Gasteiger partial charge in [0.25, 0.3) is 0 Å². The van der Waals surface area contributed by atoms with Crippen molar-refractivity contribution >= 4 is 28.4 Å². The third kappa shape index (κ3) is 3.66. The van der Waals surface area contributed by atoms with Gasteiger partial charge >= 0.3 is 0 Å². The Hall–Kier alpha value is -3.56. The van der Waals surface area contributed by atoms with Crippen LogP contribution in [0.15, 0.2) is 48.8 Å². The lowest BCUT2D eigenvalue weighted by Crippen LogP contribution is -2.35. The Morgan fingerprint density at radius 3 is 2.85 bits per heavy atom. The monoisotopic (exact) mass is 456 g/mol. The van der Waals surface area contributed by atoms with Crippen molar-refractivity contribution in [2.45, 2.75) is 44.9 Å². The lowest BCUT2D eigenvalue weighted by molar-refractivity contribution is 0.199. The minimum Gasteiger partial charge on any atom is -0.389 e. The van der Waals surface area contributed by atoms with E-state index in [1.54, 1.807) is 13.3 Å². The van der Waals surface area contributed by atoms with Crippen molar-refractivity contribution in [2.75, 3.05) is 23.3 Å². The second-order valence-corrected chi connectivity index (χ2v) is 9.16. The molecule has 0 radical (unpaired) electrons. The number of imidazole rings is 1. The number of aromatic nitrogens is 5. The van der Waals surface area contributed by atoms with Gasteiger partial charge in [0, 0.05) is 29.9 Å². The molecule has 3 aromatic heterocycles.